The number of piperazine rings is 1. The van der Waals surface area contributed by atoms with Gasteiger partial charge in [-0.25, -0.2) is 14.6 Å². The van der Waals surface area contributed by atoms with Crippen molar-refractivity contribution in [2.75, 3.05) is 42.9 Å². The Morgan fingerprint density at radius 1 is 1.13 bits per heavy atom. The summed E-state index contributed by atoms with van der Waals surface area (Å²) in [5.41, 5.74) is 0. The summed E-state index contributed by atoms with van der Waals surface area (Å²) < 4.78 is 1.95. The Bertz CT molecular complexity index is 617. The summed E-state index contributed by atoms with van der Waals surface area (Å²) in [7, 11) is 0. The van der Waals surface area contributed by atoms with Gasteiger partial charge in [-0.3, -0.25) is 4.90 Å². The van der Waals surface area contributed by atoms with E-state index in [2.05, 4.69) is 49.0 Å². The van der Waals surface area contributed by atoms with Gasteiger partial charge in [-0.15, -0.1) is 0 Å². The molecule has 3 rings (SSSR count). The van der Waals surface area contributed by atoms with Crippen molar-refractivity contribution in [3.63, 3.8) is 0 Å². The highest BCUT2D eigenvalue weighted by molar-refractivity contribution is 5.41. The fourth-order valence-corrected chi connectivity index (χ4v) is 2.76. The first-order valence-corrected chi connectivity index (χ1v) is 8.21. The molecule has 8 nitrogen and oxygen atoms in total. The van der Waals surface area contributed by atoms with Crippen LogP contribution in [0.25, 0.3) is 0 Å². The molecule has 0 amide bonds. The molecule has 2 aromatic heterocycles. The summed E-state index contributed by atoms with van der Waals surface area (Å²) in [6.45, 7) is 10.5. The van der Waals surface area contributed by atoms with Crippen molar-refractivity contribution in [2.45, 2.75) is 26.9 Å². The second-order valence-electron chi connectivity index (χ2n) is 5.53. The Kier molecular flexibility index (Phi) is 5.02. The van der Waals surface area contributed by atoms with E-state index in [1.807, 2.05) is 16.9 Å². The van der Waals surface area contributed by atoms with E-state index in [1.165, 1.54) is 0 Å². The van der Waals surface area contributed by atoms with Crippen molar-refractivity contribution >= 4 is 11.8 Å². The molecular formula is C15H24N8. The first kappa shape index (κ1) is 15.7. The topological polar surface area (TPSA) is 75.0 Å². The monoisotopic (exact) mass is 316 g/mol. The van der Waals surface area contributed by atoms with Gasteiger partial charge in [-0.1, -0.05) is 0 Å². The molecule has 0 aromatic carbocycles. The highest BCUT2D eigenvalue weighted by Crippen LogP contribution is 2.14. The molecule has 1 aliphatic heterocycles. The molecule has 2 aromatic rings. The average Bonchev–Trinajstić information content (AvgIpc) is 3.03. The van der Waals surface area contributed by atoms with Crippen LogP contribution in [0, 0.1) is 0 Å². The number of nitrogens with zero attached hydrogens (tertiary/aromatic N) is 7. The number of hydrogen-bond donors (Lipinski definition) is 1. The summed E-state index contributed by atoms with van der Waals surface area (Å²) in [6, 6.07) is 1.90. The van der Waals surface area contributed by atoms with E-state index in [0.717, 1.165) is 63.4 Å². The lowest BCUT2D eigenvalue weighted by Crippen LogP contribution is -2.46. The van der Waals surface area contributed by atoms with Gasteiger partial charge < -0.3 is 10.2 Å². The Morgan fingerprint density at radius 2 is 1.96 bits per heavy atom. The van der Waals surface area contributed by atoms with Gasteiger partial charge in [0, 0.05) is 45.5 Å². The van der Waals surface area contributed by atoms with Crippen LogP contribution < -0.4 is 10.2 Å². The van der Waals surface area contributed by atoms with E-state index < -0.39 is 0 Å². The molecule has 1 fully saturated rings. The molecule has 0 aliphatic carbocycles. The first-order chi connectivity index (χ1) is 11.3. The van der Waals surface area contributed by atoms with Gasteiger partial charge in [0.25, 0.3) is 0 Å². The third-order valence-electron chi connectivity index (χ3n) is 4.02. The lowest BCUT2D eigenvalue weighted by Gasteiger charge is -2.34. The summed E-state index contributed by atoms with van der Waals surface area (Å²) in [5, 5.41) is 7.46. The van der Waals surface area contributed by atoms with Crippen LogP contribution in [-0.4, -0.2) is 62.4 Å². The lowest BCUT2D eigenvalue weighted by molar-refractivity contribution is 0.238. The minimum absolute atomic E-state index is 0.805. The van der Waals surface area contributed by atoms with Crippen LogP contribution in [0.3, 0.4) is 0 Å². The Hall–Kier alpha value is -2.22. The van der Waals surface area contributed by atoms with E-state index >= 15 is 0 Å². The highest BCUT2D eigenvalue weighted by Gasteiger charge is 2.20. The van der Waals surface area contributed by atoms with Crippen molar-refractivity contribution in [3.8, 4) is 0 Å². The zero-order chi connectivity index (χ0) is 16.1. The number of hydrogen-bond acceptors (Lipinski definition) is 7. The van der Waals surface area contributed by atoms with Gasteiger partial charge in [0.05, 0.1) is 6.54 Å². The van der Waals surface area contributed by atoms with Gasteiger partial charge in [-0.05, 0) is 19.9 Å². The molecule has 0 bridgehead atoms. The van der Waals surface area contributed by atoms with Crippen LogP contribution in [0.2, 0.25) is 0 Å². The Morgan fingerprint density at radius 3 is 2.70 bits per heavy atom. The smallest absolute Gasteiger partial charge is 0.227 e. The quantitative estimate of drug-likeness (QED) is 0.846. The standard InChI is InChI=1S/C15H24N8/c1-3-16-13-5-6-17-15(20-13)22-9-7-21(8-10-22)11-14-18-12-19-23(14)4-2/h5-6,12H,3-4,7-11H2,1-2H3,(H,16,17,20). The largest absolute Gasteiger partial charge is 0.370 e. The predicted molar refractivity (Wildman–Crippen MR) is 89.4 cm³/mol. The van der Waals surface area contributed by atoms with Gasteiger partial charge in [0.15, 0.2) is 0 Å². The van der Waals surface area contributed by atoms with Gasteiger partial charge in [0.1, 0.15) is 18.0 Å². The molecule has 8 heteroatoms. The average molecular weight is 316 g/mol. The highest BCUT2D eigenvalue weighted by atomic mass is 15.4. The molecule has 1 N–H and O–H groups in total. The van der Waals surface area contributed by atoms with Crippen LogP contribution in [0.5, 0.6) is 0 Å². The third kappa shape index (κ3) is 3.76. The number of nitrogens with one attached hydrogen (secondary N) is 1. The second-order valence-corrected chi connectivity index (χ2v) is 5.53. The SMILES string of the molecule is CCNc1ccnc(N2CCN(Cc3ncnn3CC)CC2)n1. The van der Waals surface area contributed by atoms with Crippen molar-refractivity contribution in [3.05, 3.63) is 24.4 Å². The molecular weight excluding hydrogens is 292 g/mol. The summed E-state index contributed by atoms with van der Waals surface area (Å²) in [6.07, 6.45) is 3.45. The Balaban J connectivity index is 1.57. The van der Waals surface area contributed by atoms with E-state index in [1.54, 1.807) is 6.33 Å². The third-order valence-corrected chi connectivity index (χ3v) is 4.02. The molecule has 124 valence electrons. The normalized spacial score (nSPS) is 15.8. The first-order valence-electron chi connectivity index (χ1n) is 8.21. The second kappa shape index (κ2) is 7.36. The molecule has 0 spiro atoms. The number of aryl methyl sites for hydroxylation is 1. The summed E-state index contributed by atoms with van der Waals surface area (Å²) in [5.74, 6) is 2.72. The minimum atomic E-state index is 0.805. The number of aromatic nitrogens is 5. The summed E-state index contributed by atoms with van der Waals surface area (Å²) >= 11 is 0. The predicted octanol–water partition coefficient (Wildman–Crippen LogP) is 0.842. The Labute approximate surface area is 136 Å². The molecule has 0 saturated carbocycles. The summed E-state index contributed by atoms with van der Waals surface area (Å²) in [4.78, 5) is 18.0. The van der Waals surface area contributed by atoms with Crippen LogP contribution in [0.1, 0.15) is 19.7 Å². The maximum Gasteiger partial charge on any atom is 0.227 e. The molecule has 23 heavy (non-hydrogen) atoms. The van der Waals surface area contributed by atoms with Gasteiger partial charge in [0.2, 0.25) is 5.95 Å². The van der Waals surface area contributed by atoms with E-state index in [9.17, 15) is 0 Å². The van der Waals surface area contributed by atoms with Crippen LogP contribution in [-0.2, 0) is 13.1 Å². The van der Waals surface area contributed by atoms with Crippen molar-refractivity contribution in [2.24, 2.45) is 0 Å². The number of rotatable bonds is 6. The number of anilines is 2. The van der Waals surface area contributed by atoms with Crippen molar-refractivity contribution in [1.82, 2.24) is 29.6 Å². The molecule has 0 atom stereocenters. The van der Waals surface area contributed by atoms with E-state index in [0.29, 0.717) is 0 Å². The van der Waals surface area contributed by atoms with E-state index in [4.69, 9.17) is 0 Å². The van der Waals surface area contributed by atoms with Gasteiger partial charge >= 0.3 is 0 Å². The van der Waals surface area contributed by atoms with Crippen molar-refractivity contribution in [1.29, 1.82) is 0 Å². The maximum atomic E-state index is 4.57. The van der Waals surface area contributed by atoms with Crippen molar-refractivity contribution < 1.29 is 0 Å². The van der Waals surface area contributed by atoms with Crippen LogP contribution in [0.4, 0.5) is 11.8 Å². The fourth-order valence-electron chi connectivity index (χ4n) is 2.76. The van der Waals surface area contributed by atoms with Gasteiger partial charge in [-0.2, -0.15) is 10.1 Å². The molecule has 0 unspecified atom stereocenters. The zero-order valence-electron chi connectivity index (χ0n) is 13.8. The molecule has 3 heterocycles. The molecule has 1 aliphatic rings. The molecule has 1 saturated heterocycles. The lowest BCUT2D eigenvalue weighted by atomic mass is 10.3. The van der Waals surface area contributed by atoms with Crippen LogP contribution >= 0.6 is 0 Å². The zero-order valence-corrected chi connectivity index (χ0v) is 13.8. The van der Waals surface area contributed by atoms with Crippen LogP contribution in [0.15, 0.2) is 18.6 Å². The maximum absolute atomic E-state index is 4.57. The fraction of sp³-hybridized carbons (Fsp3) is 0.600. The molecule has 0 radical (unpaired) electrons. The van der Waals surface area contributed by atoms with E-state index in [-0.39, 0.29) is 0 Å². The minimum Gasteiger partial charge on any atom is -0.370 e.